The Balaban J connectivity index is 2.12. The fraction of sp³-hybridized carbons (Fsp3) is 0.522. The van der Waals surface area contributed by atoms with Crippen LogP contribution in [0.25, 0.3) is 11.3 Å². The Kier molecular flexibility index (Phi) is 6.32. The van der Waals surface area contributed by atoms with E-state index >= 15 is 0 Å². The SMILES string of the molecule is CCc1nc(-c2cc3c(cc2OC)CC(=O)C3)c(CC)nc1NC(CC)CC. The second kappa shape index (κ2) is 8.72. The monoisotopic (exact) mass is 381 g/mol. The standard InChI is InChI=1S/C23H31N3O2/c1-6-16(7-2)24-23-20(9-4)25-22(19(8-3)26-23)18-12-14-10-17(27)11-15(14)13-21(18)28-5/h12-13,16H,6-11H2,1-5H3,(H,24,26). The van der Waals surface area contributed by atoms with E-state index in [1.165, 1.54) is 0 Å². The van der Waals surface area contributed by atoms with Crippen molar-refractivity contribution in [2.45, 2.75) is 72.3 Å². The molecule has 0 aliphatic heterocycles. The van der Waals surface area contributed by atoms with Crippen LogP contribution in [-0.2, 0) is 30.5 Å². The third-order valence-corrected chi connectivity index (χ3v) is 5.59. The van der Waals surface area contributed by atoms with Crippen molar-refractivity contribution in [3.63, 3.8) is 0 Å². The molecule has 3 rings (SSSR count). The van der Waals surface area contributed by atoms with E-state index in [1.807, 2.05) is 6.07 Å². The number of ether oxygens (including phenoxy) is 1. The molecule has 0 saturated carbocycles. The lowest BCUT2D eigenvalue weighted by atomic mass is 10.0. The van der Waals surface area contributed by atoms with Gasteiger partial charge in [0, 0.05) is 24.4 Å². The maximum atomic E-state index is 11.9. The molecule has 150 valence electrons. The molecule has 0 unspecified atom stereocenters. The predicted octanol–water partition coefficient (Wildman–Crippen LogP) is 4.55. The van der Waals surface area contributed by atoms with Crippen LogP contribution in [0, 0.1) is 0 Å². The lowest BCUT2D eigenvalue weighted by Gasteiger charge is -2.20. The molecule has 5 heteroatoms. The van der Waals surface area contributed by atoms with Gasteiger partial charge < -0.3 is 10.1 Å². The Labute approximate surface area is 167 Å². The molecule has 0 amide bonds. The fourth-order valence-corrected chi connectivity index (χ4v) is 3.85. The van der Waals surface area contributed by atoms with Crippen LogP contribution in [0.5, 0.6) is 5.75 Å². The number of carbonyl (C=O) groups excluding carboxylic acids is 1. The van der Waals surface area contributed by atoms with Crippen molar-refractivity contribution >= 4 is 11.6 Å². The third kappa shape index (κ3) is 3.89. The maximum absolute atomic E-state index is 11.9. The minimum Gasteiger partial charge on any atom is -0.496 e. The number of anilines is 1. The zero-order valence-corrected chi connectivity index (χ0v) is 17.7. The smallest absolute Gasteiger partial charge is 0.148 e. The molecule has 0 atom stereocenters. The summed E-state index contributed by atoms with van der Waals surface area (Å²) in [4.78, 5) is 21.9. The molecular formula is C23H31N3O2. The number of ketones is 1. The van der Waals surface area contributed by atoms with E-state index in [9.17, 15) is 4.79 Å². The van der Waals surface area contributed by atoms with Crippen LogP contribution in [0.2, 0.25) is 0 Å². The molecule has 0 fully saturated rings. The van der Waals surface area contributed by atoms with Crippen molar-refractivity contribution in [3.05, 3.63) is 34.6 Å². The number of nitrogens with zero attached hydrogens (tertiary/aromatic N) is 2. The van der Waals surface area contributed by atoms with E-state index < -0.39 is 0 Å². The van der Waals surface area contributed by atoms with Crippen LogP contribution in [-0.4, -0.2) is 28.9 Å². The zero-order valence-electron chi connectivity index (χ0n) is 17.7. The van der Waals surface area contributed by atoms with Gasteiger partial charge in [0.1, 0.15) is 17.4 Å². The zero-order chi connectivity index (χ0) is 20.3. The molecule has 1 heterocycles. The largest absolute Gasteiger partial charge is 0.496 e. The summed E-state index contributed by atoms with van der Waals surface area (Å²) in [5, 5.41) is 3.58. The van der Waals surface area contributed by atoms with Gasteiger partial charge in [-0.1, -0.05) is 27.7 Å². The third-order valence-electron chi connectivity index (χ3n) is 5.59. The summed E-state index contributed by atoms with van der Waals surface area (Å²) < 4.78 is 5.67. The molecule has 0 bridgehead atoms. The fourth-order valence-electron chi connectivity index (χ4n) is 3.85. The first kappa shape index (κ1) is 20.3. The number of carbonyl (C=O) groups is 1. The van der Waals surface area contributed by atoms with Gasteiger partial charge in [0.15, 0.2) is 0 Å². The average molecular weight is 382 g/mol. The second-order valence-corrected chi connectivity index (χ2v) is 7.39. The predicted molar refractivity (Wildman–Crippen MR) is 113 cm³/mol. The number of rotatable bonds is 8. The molecule has 0 spiro atoms. The minimum absolute atomic E-state index is 0.259. The van der Waals surface area contributed by atoms with E-state index in [2.05, 4.69) is 39.1 Å². The molecular weight excluding hydrogens is 350 g/mol. The number of fused-ring (bicyclic) bond motifs is 1. The molecule has 1 N–H and O–H groups in total. The highest BCUT2D eigenvalue weighted by Crippen LogP contribution is 2.37. The molecule has 2 aromatic rings. The Morgan fingerprint density at radius 2 is 1.64 bits per heavy atom. The van der Waals surface area contributed by atoms with Crippen molar-refractivity contribution in [2.75, 3.05) is 12.4 Å². The Hall–Kier alpha value is -2.43. The maximum Gasteiger partial charge on any atom is 0.148 e. The number of aryl methyl sites for hydroxylation is 2. The van der Waals surface area contributed by atoms with Crippen molar-refractivity contribution in [1.29, 1.82) is 0 Å². The highest BCUT2D eigenvalue weighted by atomic mass is 16.5. The summed E-state index contributed by atoms with van der Waals surface area (Å²) in [7, 11) is 1.67. The minimum atomic E-state index is 0.259. The second-order valence-electron chi connectivity index (χ2n) is 7.39. The first-order chi connectivity index (χ1) is 13.5. The van der Waals surface area contributed by atoms with Gasteiger partial charge in [-0.05, 0) is 48.9 Å². The summed E-state index contributed by atoms with van der Waals surface area (Å²) >= 11 is 0. The van der Waals surface area contributed by atoms with Crippen LogP contribution < -0.4 is 10.1 Å². The molecule has 28 heavy (non-hydrogen) atoms. The first-order valence-corrected chi connectivity index (χ1v) is 10.4. The number of hydrogen-bond donors (Lipinski definition) is 1. The number of hydrogen-bond acceptors (Lipinski definition) is 5. The van der Waals surface area contributed by atoms with E-state index in [1.54, 1.807) is 7.11 Å². The average Bonchev–Trinajstić information content (AvgIpc) is 3.09. The molecule has 5 nitrogen and oxygen atoms in total. The van der Waals surface area contributed by atoms with E-state index in [0.29, 0.717) is 18.9 Å². The molecule has 1 aromatic heterocycles. The van der Waals surface area contributed by atoms with E-state index in [4.69, 9.17) is 14.7 Å². The summed E-state index contributed by atoms with van der Waals surface area (Å²) in [6.45, 7) is 8.58. The molecule has 1 aliphatic carbocycles. The number of methoxy groups -OCH3 is 1. The van der Waals surface area contributed by atoms with Crippen LogP contribution in [0.15, 0.2) is 12.1 Å². The molecule has 1 aromatic carbocycles. The van der Waals surface area contributed by atoms with Crippen molar-refractivity contribution in [3.8, 4) is 17.0 Å². The summed E-state index contributed by atoms with van der Waals surface area (Å²) in [6, 6.07) is 4.48. The highest BCUT2D eigenvalue weighted by Gasteiger charge is 2.24. The Morgan fingerprint density at radius 3 is 2.21 bits per heavy atom. The van der Waals surface area contributed by atoms with Crippen LogP contribution in [0.4, 0.5) is 5.82 Å². The summed E-state index contributed by atoms with van der Waals surface area (Å²) in [6.07, 6.45) is 4.68. The lowest BCUT2D eigenvalue weighted by molar-refractivity contribution is -0.117. The van der Waals surface area contributed by atoms with Crippen molar-refractivity contribution < 1.29 is 9.53 Å². The summed E-state index contributed by atoms with van der Waals surface area (Å²) in [5.74, 6) is 1.92. The van der Waals surface area contributed by atoms with Gasteiger partial charge in [-0.3, -0.25) is 4.79 Å². The van der Waals surface area contributed by atoms with Gasteiger partial charge in [0.25, 0.3) is 0 Å². The lowest BCUT2D eigenvalue weighted by Crippen LogP contribution is -2.20. The number of nitrogens with one attached hydrogen (secondary N) is 1. The molecule has 1 aliphatic rings. The quantitative estimate of drug-likeness (QED) is 0.727. The van der Waals surface area contributed by atoms with Gasteiger partial charge >= 0.3 is 0 Å². The van der Waals surface area contributed by atoms with Crippen molar-refractivity contribution in [1.82, 2.24) is 9.97 Å². The van der Waals surface area contributed by atoms with Crippen LogP contribution >= 0.6 is 0 Å². The van der Waals surface area contributed by atoms with E-state index in [-0.39, 0.29) is 5.78 Å². The molecule has 0 saturated heterocycles. The normalized spacial score (nSPS) is 13.1. The number of aromatic nitrogens is 2. The highest BCUT2D eigenvalue weighted by molar-refractivity contribution is 5.89. The van der Waals surface area contributed by atoms with Gasteiger partial charge in [-0.2, -0.15) is 0 Å². The van der Waals surface area contributed by atoms with Gasteiger partial charge in [0.05, 0.1) is 24.2 Å². The summed E-state index contributed by atoms with van der Waals surface area (Å²) in [5.41, 5.74) is 5.88. The van der Waals surface area contributed by atoms with Crippen LogP contribution in [0.1, 0.15) is 63.1 Å². The molecule has 0 radical (unpaired) electrons. The van der Waals surface area contributed by atoms with E-state index in [0.717, 1.165) is 71.0 Å². The Bertz CT molecular complexity index is 873. The van der Waals surface area contributed by atoms with Gasteiger partial charge in [0.2, 0.25) is 0 Å². The van der Waals surface area contributed by atoms with Gasteiger partial charge in [-0.25, -0.2) is 9.97 Å². The van der Waals surface area contributed by atoms with Gasteiger partial charge in [-0.15, -0.1) is 0 Å². The number of benzene rings is 1. The topological polar surface area (TPSA) is 64.1 Å². The number of Topliss-reactive ketones (excluding diaryl/α,β-unsaturated/α-hetero) is 1. The van der Waals surface area contributed by atoms with Crippen LogP contribution in [0.3, 0.4) is 0 Å². The van der Waals surface area contributed by atoms with Crippen molar-refractivity contribution in [2.24, 2.45) is 0 Å². The first-order valence-electron chi connectivity index (χ1n) is 10.4. The Morgan fingerprint density at radius 1 is 1.00 bits per heavy atom.